The molecule has 3 aliphatic rings. The third-order valence-electron chi connectivity index (χ3n) is 8.85. The summed E-state index contributed by atoms with van der Waals surface area (Å²) in [5.41, 5.74) is 12.8. The lowest BCUT2D eigenvalue weighted by Crippen LogP contribution is -2.47. The number of rotatable bonds is 8. The highest BCUT2D eigenvalue weighted by Crippen LogP contribution is 2.36. The number of fused-ring (bicyclic) bond motifs is 4. The molecule has 3 heterocycles. The molecule has 3 aromatic rings. The lowest BCUT2D eigenvalue weighted by Gasteiger charge is -2.31. The van der Waals surface area contributed by atoms with E-state index in [-0.39, 0.29) is 30.7 Å². The van der Waals surface area contributed by atoms with Gasteiger partial charge < -0.3 is 25.1 Å². The summed E-state index contributed by atoms with van der Waals surface area (Å²) >= 11 is 6.23. The average Bonchev–Trinajstić information content (AvgIpc) is 3.33. The molecule has 1 fully saturated rings. The van der Waals surface area contributed by atoms with Crippen LogP contribution in [0.25, 0.3) is 0 Å². The van der Waals surface area contributed by atoms with E-state index in [1.165, 1.54) is 5.56 Å². The number of amides is 1. The first-order valence-electron chi connectivity index (χ1n) is 15.3. The molecule has 0 spiro atoms. The van der Waals surface area contributed by atoms with Crippen LogP contribution < -0.4 is 36.3 Å². The number of aliphatic imine (C=N–C) groups is 1. The Labute approximate surface area is 265 Å². The third-order valence-corrected chi connectivity index (χ3v) is 10.8. The van der Waals surface area contributed by atoms with Crippen molar-refractivity contribution in [2.24, 2.45) is 10.9 Å². The minimum Gasteiger partial charge on any atom is -0.497 e. The first-order valence-corrected chi connectivity index (χ1v) is 18.6. The molecule has 0 radical (unpaired) electrons. The molecule has 44 heavy (non-hydrogen) atoms. The summed E-state index contributed by atoms with van der Waals surface area (Å²) in [5.74, 6) is 1.13. The van der Waals surface area contributed by atoms with Crippen LogP contribution in [0.15, 0.2) is 65.7 Å². The lowest BCUT2D eigenvalue weighted by molar-refractivity contribution is -0.121. The molecule has 9 nitrogen and oxygen atoms in total. The number of nitrogens with one attached hydrogen (secondary N) is 4. The van der Waals surface area contributed by atoms with Crippen LogP contribution in [-0.4, -0.2) is 63.3 Å². The summed E-state index contributed by atoms with van der Waals surface area (Å²) in [7, 11) is -0.686. The zero-order chi connectivity index (χ0) is 31.0. The zero-order valence-corrected chi connectivity index (χ0v) is 27.4. The molecule has 4 atom stereocenters. The molecule has 0 saturated carbocycles. The number of hydrazine groups is 1. The monoisotopic (exact) mass is 632 g/mol. The standard InChI is InChI=1S/C33H41ClN6O3Si/c1-20-38-39-33-29(18-31(41)35-14-13-21-15-23-7-11-26(44(3,4)42)17-28(23)36-19-21)37-32(22-5-8-24(34)9-6-22)27-16-25(43-2)10-12-30(27)40(20)33/h5-12,16-17,20-21,29,33,36,38-39,42H,13-15,18-19H2,1-4H3,(H,35,41). The van der Waals surface area contributed by atoms with Gasteiger partial charge in [0.15, 0.2) is 0 Å². The molecule has 1 amide bonds. The Balaban J connectivity index is 1.17. The van der Waals surface area contributed by atoms with Crippen molar-refractivity contribution in [3.8, 4) is 5.75 Å². The minimum atomic E-state index is -2.35. The largest absolute Gasteiger partial charge is 0.497 e. The number of hydrogen-bond acceptors (Lipinski definition) is 8. The van der Waals surface area contributed by atoms with Gasteiger partial charge in [-0.3, -0.25) is 9.79 Å². The Morgan fingerprint density at radius 1 is 1.14 bits per heavy atom. The highest BCUT2D eigenvalue weighted by Gasteiger charge is 2.41. The summed E-state index contributed by atoms with van der Waals surface area (Å²) in [5, 5.41) is 8.42. The number of ether oxygens (including phenoxy) is 1. The average molecular weight is 633 g/mol. The predicted molar refractivity (Wildman–Crippen MR) is 180 cm³/mol. The minimum absolute atomic E-state index is 0.0129. The van der Waals surface area contributed by atoms with E-state index in [4.69, 9.17) is 21.3 Å². The van der Waals surface area contributed by atoms with Gasteiger partial charge in [-0.25, -0.2) is 10.9 Å². The van der Waals surface area contributed by atoms with E-state index in [1.54, 1.807) is 7.11 Å². The second kappa shape index (κ2) is 12.5. The lowest BCUT2D eigenvalue weighted by atomic mass is 9.91. The van der Waals surface area contributed by atoms with Crippen molar-refractivity contribution in [2.75, 3.05) is 30.4 Å². The summed E-state index contributed by atoms with van der Waals surface area (Å²) in [4.78, 5) is 31.4. The fraction of sp³-hybridized carbons (Fsp3) is 0.394. The quantitative estimate of drug-likeness (QED) is 0.241. The van der Waals surface area contributed by atoms with Crippen molar-refractivity contribution < 1.29 is 14.3 Å². The number of carbonyl (C=O) groups excluding carboxylic acids is 1. The highest BCUT2D eigenvalue weighted by molar-refractivity contribution is 6.83. The normalized spacial score (nSPS) is 22.6. The van der Waals surface area contributed by atoms with Crippen LogP contribution in [0.4, 0.5) is 11.4 Å². The smallest absolute Gasteiger partial charge is 0.222 e. The van der Waals surface area contributed by atoms with E-state index in [2.05, 4.69) is 57.6 Å². The fourth-order valence-electron chi connectivity index (χ4n) is 6.40. The van der Waals surface area contributed by atoms with Gasteiger partial charge in [-0.2, -0.15) is 0 Å². The summed E-state index contributed by atoms with van der Waals surface area (Å²) in [6.45, 7) is 7.42. The summed E-state index contributed by atoms with van der Waals surface area (Å²) in [6.07, 6.45) is 1.84. The van der Waals surface area contributed by atoms with E-state index in [0.717, 1.165) is 58.5 Å². The van der Waals surface area contributed by atoms with Crippen LogP contribution in [0.5, 0.6) is 5.75 Å². The fourth-order valence-corrected chi connectivity index (χ4v) is 7.52. The second-order valence-electron chi connectivity index (χ2n) is 12.5. The van der Waals surface area contributed by atoms with E-state index in [1.807, 2.05) is 49.5 Å². The van der Waals surface area contributed by atoms with Crippen molar-refractivity contribution in [1.29, 1.82) is 0 Å². The SMILES string of the molecule is COc1ccc2c(c1)C(c1ccc(Cl)cc1)=NC(CC(=O)NCCC1CNc3cc([Si](C)(C)O)ccc3C1)C1NNC(C)N21. The summed E-state index contributed by atoms with van der Waals surface area (Å²) in [6, 6.07) is 19.6. The van der Waals surface area contributed by atoms with Gasteiger partial charge in [0.1, 0.15) is 11.9 Å². The van der Waals surface area contributed by atoms with Crippen molar-refractivity contribution in [1.82, 2.24) is 16.2 Å². The van der Waals surface area contributed by atoms with E-state index in [9.17, 15) is 9.59 Å². The number of hydrogen-bond donors (Lipinski definition) is 5. The number of nitrogens with zero attached hydrogens (tertiary/aromatic N) is 2. The van der Waals surface area contributed by atoms with Gasteiger partial charge in [-0.05, 0) is 85.9 Å². The Kier molecular flexibility index (Phi) is 8.72. The Morgan fingerprint density at radius 3 is 2.68 bits per heavy atom. The molecule has 232 valence electrons. The van der Waals surface area contributed by atoms with Crippen molar-refractivity contribution in [3.05, 3.63) is 82.4 Å². The van der Waals surface area contributed by atoms with Gasteiger partial charge in [0.2, 0.25) is 14.2 Å². The van der Waals surface area contributed by atoms with Gasteiger partial charge in [0.05, 0.1) is 31.4 Å². The molecule has 0 aliphatic carbocycles. The van der Waals surface area contributed by atoms with Gasteiger partial charge in [0, 0.05) is 40.6 Å². The summed E-state index contributed by atoms with van der Waals surface area (Å²) < 4.78 is 5.58. The van der Waals surface area contributed by atoms with Crippen LogP contribution in [0.3, 0.4) is 0 Å². The van der Waals surface area contributed by atoms with Crippen LogP contribution in [0.2, 0.25) is 18.1 Å². The maximum Gasteiger partial charge on any atom is 0.222 e. The molecule has 0 aromatic heterocycles. The predicted octanol–water partition coefficient (Wildman–Crippen LogP) is 3.74. The molecular formula is C33H41ClN6O3Si. The third kappa shape index (κ3) is 6.36. The van der Waals surface area contributed by atoms with Crippen molar-refractivity contribution in [3.63, 3.8) is 0 Å². The van der Waals surface area contributed by atoms with Gasteiger partial charge in [0.25, 0.3) is 0 Å². The van der Waals surface area contributed by atoms with E-state index < -0.39 is 8.32 Å². The molecule has 3 aromatic carbocycles. The van der Waals surface area contributed by atoms with Gasteiger partial charge in [-0.15, -0.1) is 0 Å². The first-order chi connectivity index (χ1) is 21.1. The molecule has 3 aliphatic heterocycles. The number of carbonyl (C=O) groups is 1. The van der Waals surface area contributed by atoms with Crippen LogP contribution >= 0.6 is 11.6 Å². The van der Waals surface area contributed by atoms with Crippen LogP contribution in [0, 0.1) is 5.92 Å². The Hall–Kier alpha value is -3.41. The van der Waals surface area contributed by atoms with Crippen LogP contribution in [-0.2, 0) is 11.2 Å². The molecule has 11 heteroatoms. The van der Waals surface area contributed by atoms with E-state index in [0.29, 0.717) is 17.5 Å². The first kappa shape index (κ1) is 30.6. The maximum absolute atomic E-state index is 13.4. The number of methoxy groups -OCH3 is 1. The topological polar surface area (TPSA) is 110 Å². The highest BCUT2D eigenvalue weighted by atomic mass is 35.5. The molecule has 0 bridgehead atoms. The van der Waals surface area contributed by atoms with Gasteiger partial charge >= 0.3 is 0 Å². The second-order valence-corrected chi connectivity index (χ2v) is 16.6. The number of halogens is 1. The van der Waals surface area contributed by atoms with Crippen molar-refractivity contribution >= 4 is 48.1 Å². The number of anilines is 2. The maximum atomic E-state index is 13.4. The molecule has 5 N–H and O–H groups in total. The van der Waals surface area contributed by atoms with Crippen LogP contribution in [0.1, 0.15) is 36.5 Å². The Morgan fingerprint density at radius 2 is 1.93 bits per heavy atom. The van der Waals surface area contributed by atoms with E-state index >= 15 is 0 Å². The molecular weight excluding hydrogens is 592 g/mol. The Bertz CT molecular complexity index is 1560. The molecule has 4 unspecified atom stereocenters. The van der Waals surface area contributed by atoms with Crippen molar-refractivity contribution in [2.45, 2.75) is 57.7 Å². The number of benzene rings is 3. The zero-order valence-electron chi connectivity index (χ0n) is 25.7. The molecule has 6 rings (SSSR count). The molecule has 1 saturated heterocycles. The van der Waals surface area contributed by atoms with Gasteiger partial charge in [-0.1, -0.05) is 35.9 Å².